The number of nitrogens with one attached hydrogen (secondary N) is 4. The highest BCUT2D eigenvalue weighted by Gasteiger charge is 2.20. The molecule has 0 atom stereocenters. The van der Waals surface area contributed by atoms with Crippen molar-refractivity contribution >= 4 is 17.7 Å². The molecule has 0 rings (SSSR count). The van der Waals surface area contributed by atoms with Gasteiger partial charge in [0.25, 0.3) is 0 Å². The van der Waals surface area contributed by atoms with E-state index >= 15 is 0 Å². The summed E-state index contributed by atoms with van der Waals surface area (Å²) in [5, 5.41) is 12.0. The van der Waals surface area contributed by atoms with Gasteiger partial charge in [-0.05, 0) is 62.3 Å². The fourth-order valence-corrected chi connectivity index (χ4v) is 3.23. The number of carbonyl (C=O) groups is 3. The molecule has 34 heavy (non-hydrogen) atoms. The Hall–Kier alpha value is -1.75. The second kappa shape index (κ2) is 14.6. The molecule has 0 aliphatic carbocycles. The number of carbonyl (C=O) groups excluding carboxylic acids is 3. The molecule has 0 fully saturated rings. The van der Waals surface area contributed by atoms with Crippen molar-refractivity contribution in [1.82, 2.24) is 31.1 Å². The number of nitrogens with zero attached hydrogens (tertiary/aromatic N) is 2. The predicted molar refractivity (Wildman–Crippen MR) is 138 cm³/mol. The molecule has 0 aromatic heterocycles. The molecule has 6 N–H and O–H groups in total. The highest BCUT2D eigenvalue weighted by atomic mass is 16.2. The standard InChI is InChI=1S/C24H51N7O3/c1-22(2,3)27-19(32)16-26-11-13-31(18-21(34)29-24(7,8)9)15-14-30(12-10-25)17-20(33)28-23(4,5)6/h26H,10-18,25H2,1-9H3,(H,27,32)(H,28,33)(H,29,34). The van der Waals surface area contributed by atoms with Crippen LogP contribution in [0.1, 0.15) is 62.3 Å². The van der Waals surface area contributed by atoms with E-state index in [4.69, 9.17) is 5.73 Å². The lowest BCUT2D eigenvalue weighted by molar-refractivity contribution is -0.125. The van der Waals surface area contributed by atoms with Crippen molar-refractivity contribution in [3.05, 3.63) is 0 Å². The molecule has 0 bridgehead atoms. The molecule has 10 nitrogen and oxygen atoms in total. The van der Waals surface area contributed by atoms with Gasteiger partial charge in [-0.3, -0.25) is 24.2 Å². The number of nitrogens with two attached hydrogens (primary N) is 1. The van der Waals surface area contributed by atoms with Crippen LogP contribution in [0, 0.1) is 0 Å². The van der Waals surface area contributed by atoms with Crippen molar-refractivity contribution in [3.8, 4) is 0 Å². The Balaban J connectivity index is 4.93. The van der Waals surface area contributed by atoms with Gasteiger partial charge in [0.15, 0.2) is 0 Å². The zero-order chi connectivity index (χ0) is 26.6. The first-order chi connectivity index (χ1) is 15.4. The van der Waals surface area contributed by atoms with E-state index in [1.54, 1.807) is 0 Å². The molecular formula is C24H51N7O3. The van der Waals surface area contributed by atoms with Crippen LogP contribution in [0.2, 0.25) is 0 Å². The molecule has 200 valence electrons. The molecule has 0 unspecified atom stereocenters. The largest absolute Gasteiger partial charge is 0.350 e. The van der Waals surface area contributed by atoms with Crippen LogP contribution in [0.4, 0.5) is 0 Å². The van der Waals surface area contributed by atoms with E-state index in [-0.39, 0.29) is 54.0 Å². The van der Waals surface area contributed by atoms with Crippen LogP contribution in [0.5, 0.6) is 0 Å². The summed E-state index contributed by atoms with van der Waals surface area (Å²) in [5.41, 5.74) is 4.87. The molecule has 0 saturated heterocycles. The average molecular weight is 486 g/mol. The van der Waals surface area contributed by atoms with Crippen LogP contribution in [-0.4, -0.2) is 103 Å². The average Bonchev–Trinajstić information content (AvgIpc) is 2.58. The minimum Gasteiger partial charge on any atom is -0.350 e. The van der Waals surface area contributed by atoms with Crippen LogP contribution >= 0.6 is 0 Å². The number of amides is 3. The first kappa shape index (κ1) is 32.2. The van der Waals surface area contributed by atoms with Crippen molar-refractivity contribution in [2.45, 2.75) is 78.9 Å². The molecule has 3 amide bonds. The molecule has 0 saturated carbocycles. The van der Waals surface area contributed by atoms with E-state index in [9.17, 15) is 14.4 Å². The summed E-state index contributed by atoms with van der Waals surface area (Å²) in [6.45, 7) is 21.6. The summed E-state index contributed by atoms with van der Waals surface area (Å²) in [7, 11) is 0. The van der Waals surface area contributed by atoms with Gasteiger partial charge >= 0.3 is 0 Å². The van der Waals surface area contributed by atoms with Gasteiger partial charge in [0.1, 0.15) is 0 Å². The lowest BCUT2D eigenvalue weighted by atomic mass is 10.1. The third-order valence-corrected chi connectivity index (χ3v) is 4.35. The SMILES string of the molecule is CC(C)(C)NC(=O)CNCCN(CCN(CCN)CC(=O)NC(C)(C)C)CC(=O)NC(C)(C)C. The van der Waals surface area contributed by atoms with E-state index in [1.165, 1.54) is 0 Å². The van der Waals surface area contributed by atoms with E-state index in [2.05, 4.69) is 21.3 Å². The fraction of sp³-hybridized carbons (Fsp3) is 0.875. The topological polar surface area (TPSA) is 132 Å². The quantitative estimate of drug-likeness (QED) is 0.217. The van der Waals surface area contributed by atoms with Crippen LogP contribution < -0.4 is 27.0 Å². The summed E-state index contributed by atoms with van der Waals surface area (Å²) < 4.78 is 0. The lowest BCUT2D eigenvalue weighted by Crippen LogP contribution is -2.51. The van der Waals surface area contributed by atoms with Gasteiger partial charge in [0, 0.05) is 55.9 Å². The Bertz CT molecular complexity index is 634. The third-order valence-electron chi connectivity index (χ3n) is 4.35. The predicted octanol–water partition coefficient (Wildman–Crippen LogP) is -0.117. The molecule has 0 aromatic carbocycles. The van der Waals surface area contributed by atoms with Crippen molar-refractivity contribution in [1.29, 1.82) is 0 Å². The van der Waals surface area contributed by atoms with E-state index in [0.29, 0.717) is 39.3 Å². The van der Waals surface area contributed by atoms with Gasteiger partial charge in [-0.15, -0.1) is 0 Å². The summed E-state index contributed by atoms with van der Waals surface area (Å²) >= 11 is 0. The molecule has 0 aliphatic rings. The van der Waals surface area contributed by atoms with Gasteiger partial charge in [0.05, 0.1) is 19.6 Å². The van der Waals surface area contributed by atoms with Crippen molar-refractivity contribution in [2.24, 2.45) is 5.73 Å². The number of rotatable bonds is 14. The van der Waals surface area contributed by atoms with E-state index in [1.807, 2.05) is 72.1 Å². The highest BCUT2D eigenvalue weighted by molar-refractivity contribution is 5.79. The molecule has 0 aliphatic heterocycles. The first-order valence-corrected chi connectivity index (χ1v) is 12.2. The Morgan fingerprint density at radius 2 is 1.00 bits per heavy atom. The van der Waals surface area contributed by atoms with E-state index < -0.39 is 0 Å². The molecular weight excluding hydrogens is 434 g/mol. The van der Waals surface area contributed by atoms with Crippen LogP contribution in [0.15, 0.2) is 0 Å². The fourth-order valence-electron chi connectivity index (χ4n) is 3.23. The van der Waals surface area contributed by atoms with Crippen LogP contribution in [-0.2, 0) is 14.4 Å². The minimum absolute atomic E-state index is 0.0514. The molecule has 0 spiro atoms. The summed E-state index contributed by atoms with van der Waals surface area (Å²) in [6, 6.07) is 0. The smallest absolute Gasteiger partial charge is 0.234 e. The zero-order valence-corrected chi connectivity index (χ0v) is 23.1. The summed E-state index contributed by atoms with van der Waals surface area (Å²) in [4.78, 5) is 41.0. The van der Waals surface area contributed by atoms with Gasteiger partial charge in [-0.25, -0.2) is 0 Å². The normalized spacial score (nSPS) is 12.7. The van der Waals surface area contributed by atoms with Crippen LogP contribution in [0.3, 0.4) is 0 Å². The maximum atomic E-state index is 12.5. The summed E-state index contributed by atoms with van der Waals surface area (Å²) in [6.07, 6.45) is 0. The Labute approximate surface area is 207 Å². The first-order valence-electron chi connectivity index (χ1n) is 12.2. The van der Waals surface area contributed by atoms with Crippen molar-refractivity contribution in [2.75, 3.05) is 58.9 Å². The van der Waals surface area contributed by atoms with Gasteiger partial charge in [0.2, 0.25) is 17.7 Å². The Morgan fingerprint density at radius 1 is 0.618 bits per heavy atom. The number of hydrogen-bond donors (Lipinski definition) is 5. The van der Waals surface area contributed by atoms with E-state index in [0.717, 1.165) is 0 Å². The molecule has 0 heterocycles. The van der Waals surface area contributed by atoms with Gasteiger partial charge in [-0.2, -0.15) is 0 Å². The van der Waals surface area contributed by atoms with Crippen molar-refractivity contribution < 1.29 is 14.4 Å². The minimum atomic E-state index is -0.317. The van der Waals surface area contributed by atoms with Crippen molar-refractivity contribution in [3.63, 3.8) is 0 Å². The Morgan fingerprint density at radius 3 is 1.38 bits per heavy atom. The number of hydrogen-bond acceptors (Lipinski definition) is 7. The second-order valence-electron chi connectivity index (χ2n) is 11.9. The molecule has 10 heteroatoms. The molecule has 0 radical (unpaired) electrons. The lowest BCUT2D eigenvalue weighted by Gasteiger charge is -2.29. The zero-order valence-electron chi connectivity index (χ0n) is 23.1. The van der Waals surface area contributed by atoms with Crippen LogP contribution in [0.25, 0.3) is 0 Å². The monoisotopic (exact) mass is 485 g/mol. The van der Waals surface area contributed by atoms with Gasteiger partial charge < -0.3 is 27.0 Å². The maximum absolute atomic E-state index is 12.5. The van der Waals surface area contributed by atoms with Gasteiger partial charge in [-0.1, -0.05) is 0 Å². The summed E-state index contributed by atoms with van der Waals surface area (Å²) in [5.74, 6) is -0.179. The Kier molecular flexibility index (Phi) is 13.9. The molecule has 0 aromatic rings. The highest BCUT2D eigenvalue weighted by Crippen LogP contribution is 2.01. The third kappa shape index (κ3) is 19.7. The maximum Gasteiger partial charge on any atom is 0.234 e. The second-order valence-corrected chi connectivity index (χ2v) is 11.9.